The molecule has 0 radical (unpaired) electrons. The zero-order valence-electron chi connectivity index (χ0n) is 9.40. The van der Waals surface area contributed by atoms with Gasteiger partial charge in [0.15, 0.2) is 0 Å². The van der Waals surface area contributed by atoms with Crippen molar-refractivity contribution < 1.29 is 4.79 Å². The summed E-state index contributed by atoms with van der Waals surface area (Å²) in [6.07, 6.45) is 0.701. The Hall–Kier alpha value is -1.42. The van der Waals surface area contributed by atoms with E-state index in [9.17, 15) is 4.79 Å². The largest absolute Gasteiger partial charge is 0.401 e. The SMILES string of the molecule is C/C(N)=C(/S)c1ccc([C@H](C)NC=O)cc1. The van der Waals surface area contributed by atoms with Crippen LogP contribution in [-0.4, -0.2) is 6.41 Å². The number of hydrogen-bond acceptors (Lipinski definition) is 3. The number of thiol groups is 1. The molecule has 1 aromatic carbocycles. The van der Waals surface area contributed by atoms with Crippen molar-refractivity contribution >= 4 is 23.9 Å². The van der Waals surface area contributed by atoms with Gasteiger partial charge in [0.1, 0.15) is 0 Å². The Morgan fingerprint density at radius 1 is 1.44 bits per heavy atom. The molecule has 0 aliphatic carbocycles. The maximum Gasteiger partial charge on any atom is 0.207 e. The van der Waals surface area contributed by atoms with Crippen molar-refractivity contribution in [1.29, 1.82) is 0 Å². The second-order valence-corrected chi connectivity index (χ2v) is 4.11. The van der Waals surface area contributed by atoms with Crippen molar-refractivity contribution in [3.8, 4) is 0 Å². The van der Waals surface area contributed by atoms with Crippen molar-refractivity contribution in [3.05, 3.63) is 41.1 Å². The zero-order chi connectivity index (χ0) is 12.1. The third-order valence-corrected chi connectivity index (χ3v) is 2.99. The highest BCUT2D eigenvalue weighted by Gasteiger charge is 2.04. The summed E-state index contributed by atoms with van der Waals surface area (Å²) in [5.74, 6) is 0. The minimum Gasteiger partial charge on any atom is -0.401 e. The topological polar surface area (TPSA) is 55.1 Å². The summed E-state index contributed by atoms with van der Waals surface area (Å²) in [5.41, 5.74) is 8.37. The first-order chi connectivity index (χ1) is 7.56. The van der Waals surface area contributed by atoms with Crippen LogP contribution in [0.25, 0.3) is 4.91 Å². The van der Waals surface area contributed by atoms with Crippen LogP contribution in [0.2, 0.25) is 0 Å². The molecule has 0 saturated heterocycles. The van der Waals surface area contributed by atoms with Gasteiger partial charge in [-0.15, -0.1) is 12.6 Å². The van der Waals surface area contributed by atoms with E-state index in [0.29, 0.717) is 12.1 Å². The fourth-order valence-electron chi connectivity index (χ4n) is 1.36. The highest BCUT2D eigenvalue weighted by Crippen LogP contribution is 2.22. The number of nitrogens with two attached hydrogens (primary N) is 1. The first-order valence-electron chi connectivity index (χ1n) is 5.01. The van der Waals surface area contributed by atoms with Gasteiger partial charge in [0.2, 0.25) is 6.41 Å². The monoisotopic (exact) mass is 236 g/mol. The molecule has 0 aromatic heterocycles. The van der Waals surface area contributed by atoms with Gasteiger partial charge in [0.05, 0.1) is 6.04 Å². The molecule has 0 spiro atoms. The summed E-state index contributed by atoms with van der Waals surface area (Å²) >= 11 is 4.32. The number of nitrogens with one attached hydrogen (secondary N) is 1. The Balaban J connectivity index is 2.91. The molecule has 1 amide bonds. The minimum atomic E-state index is 0.0119. The van der Waals surface area contributed by atoms with E-state index >= 15 is 0 Å². The molecule has 1 aromatic rings. The Labute approximate surface area is 101 Å². The van der Waals surface area contributed by atoms with Crippen LogP contribution in [0.3, 0.4) is 0 Å². The molecule has 16 heavy (non-hydrogen) atoms. The molecule has 4 heteroatoms. The summed E-state index contributed by atoms with van der Waals surface area (Å²) in [4.78, 5) is 11.1. The van der Waals surface area contributed by atoms with Crippen molar-refractivity contribution in [1.82, 2.24) is 5.32 Å². The molecule has 0 fully saturated rings. The van der Waals surface area contributed by atoms with Crippen LogP contribution in [0.4, 0.5) is 0 Å². The highest BCUT2D eigenvalue weighted by molar-refractivity contribution is 7.90. The van der Waals surface area contributed by atoms with Gasteiger partial charge >= 0.3 is 0 Å². The van der Waals surface area contributed by atoms with Gasteiger partial charge in [-0.3, -0.25) is 4.79 Å². The third kappa shape index (κ3) is 3.03. The summed E-state index contributed by atoms with van der Waals surface area (Å²) in [6, 6.07) is 7.80. The number of benzene rings is 1. The molecule has 0 aliphatic heterocycles. The molecule has 1 rings (SSSR count). The Kier molecular flexibility index (Phi) is 4.43. The highest BCUT2D eigenvalue weighted by atomic mass is 32.1. The number of carbonyl (C=O) groups is 1. The van der Waals surface area contributed by atoms with Crippen molar-refractivity contribution in [2.75, 3.05) is 0 Å². The first kappa shape index (κ1) is 12.6. The van der Waals surface area contributed by atoms with Gasteiger partial charge in [-0.1, -0.05) is 24.3 Å². The van der Waals surface area contributed by atoms with Crippen LogP contribution < -0.4 is 11.1 Å². The molecule has 0 bridgehead atoms. The molecule has 0 saturated carbocycles. The van der Waals surface area contributed by atoms with Crippen LogP contribution in [0.15, 0.2) is 30.0 Å². The summed E-state index contributed by atoms with van der Waals surface area (Å²) < 4.78 is 0. The van der Waals surface area contributed by atoms with E-state index in [-0.39, 0.29) is 6.04 Å². The van der Waals surface area contributed by atoms with Gasteiger partial charge in [-0.05, 0) is 25.0 Å². The van der Waals surface area contributed by atoms with Crippen LogP contribution in [0, 0.1) is 0 Å². The Bertz CT molecular complexity index is 394. The minimum absolute atomic E-state index is 0.0119. The number of amides is 1. The predicted molar refractivity (Wildman–Crippen MR) is 69.8 cm³/mol. The zero-order valence-corrected chi connectivity index (χ0v) is 10.3. The van der Waals surface area contributed by atoms with Gasteiger partial charge in [-0.2, -0.15) is 0 Å². The second-order valence-electron chi connectivity index (χ2n) is 3.66. The average molecular weight is 236 g/mol. The summed E-state index contributed by atoms with van der Waals surface area (Å²) in [7, 11) is 0. The van der Waals surface area contributed by atoms with Crippen molar-refractivity contribution in [3.63, 3.8) is 0 Å². The summed E-state index contributed by atoms with van der Waals surface area (Å²) in [5, 5.41) is 2.70. The quantitative estimate of drug-likeness (QED) is 0.553. The molecular weight excluding hydrogens is 220 g/mol. The van der Waals surface area contributed by atoms with E-state index in [0.717, 1.165) is 16.0 Å². The molecule has 0 aliphatic rings. The van der Waals surface area contributed by atoms with E-state index in [4.69, 9.17) is 5.73 Å². The Morgan fingerprint density at radius 2 is 2.00 bits per heavy atom. The van der Waals surface area contributed by atoms with Crippen LogP contribution in [0.1, 0.15) is 31.0 Å². The van der Waals surface area contributed by atoms with E-state index < -0.39 is 0 Å². The number of rotatable bonds is 4. The van der Waals surface area contributed by atoms with E-state index in [1.165, 1.54) is 0 Å². The number of hydrogen-bond donors (Lipinski definition) is 3. The fraction of sp³-hybridized carbons (Fsp3) is 0.250. The van der Waals surface area contributed by atoms with Gasteiger partial charge in [0.25, 0.3) is 0 Å². The van der Waals surface area contributed by atoms with Gasteiger partial charge in [0, 0.05) is 10.6 Å². The predicted octanol–water partition coefficient (Wildman–Crippen LogP) is 2.07. The molecule has 3 nitrogen and oxygen atoms in total. The molecular formula is C12H16N2OS. The molecule has 1 atom stereocenters. The van der Waals surface area contributed by atoms with Gasteiger partial charge in [-0.25, -0.2) is 0 Å². The molecule has 3 N–H and O–H groups in total. The lowest BCUT2D eigenvalue weighted by Gasteiger charge is -2.11. The van der Waals surface area contributed by atoms with E-state index in [1.807, 2.05) is 38.1 Å². The van der Waals surface area contributed by atoms with Gasteiger partial charge < -0.3 is 11.1 Å². The normalized spacial score (nSPS) is 13.9. The third-order valence-electron chi connectivity index (χ3n) is 2.38. The van der Waals surface area contributed by atoms with Crippen LogP contribution >= 0.6 is 12.6 Å². The maximum absolute atomic E-state index is 10.3. The lowest BCUT2D eigenvalue weighted by molar-refractivity contribution is -0.110. The lowest BCUT2D eigenvalue weighted by Crippen LogP contribution is -2.15. The van der Waals surface area contributed by atoms with E-state index in [2.05, 4.69) is 17.9 Å². The smallest absolute Gasteiger partial charge is 0.207 e. The molecule has 86 valence electrons. The number of allylic oxidation sites excluding steroid dienone is 1. The second kappa shape index (κ2) is 5.61. The standard InChI is InChI=1S/C12H16N2OS/c1-8(13)12(16)11-5-3-10(4-6-11)9(2)14-7-15/h3-7,9,16H,13H2,1-2H3,(H,14,15)/b12-8-/t9-/m0/s1. The van der Waals surface area contributed by atoms with E-state index in [1.54, 1.807) is 0 Å². The van der Waals surface area contributed by atoms with Crippen LogP contribution in [-0.2, 0) is 4.79 Å². The van der Waals surface area contributed by atoms with Crippen LogP contribution in [0.5, 0.6) is 0 Å². The summed E-state index contributed by atoms with van der Waals surface area (Å²) in [6.45, 7) is 3.74. The van der Waals surface area contributed by atoms with Crippen molar-refractivity contribution in [2.45, 2.75) is 19.9 Å². The number of carbonyl (C=O) groups excluding carboxylic acids is 1. The molecule has 0 unspecified atom stereocenters. The molecule has 0 heterocycles. The first-order valence-corrected chi connectivity index (χ1v) is 5.46. The average Bonchev–Trinajstić information content (AvgIpc) is 2.28. The fourth-order valence-corrected chi connectivity index (χ4v) is 1.50. The maximum atomic E-state index is 10.3. The lowest BCUT2D eigenvalue weighted by atomic mass is 10.1. The Morgan fingerprint density at radius 3 is 2.44 bits per heavy atom. The van der Waals surface area contributed by atoms with Crippen molar-refractivity contribution in [2.24, 2.45) is 5.73 Å².